The van der Waals surface area contributed by atoms with Crippen LogP contribution < -0.4 is 10.5 Å². The Morgan fingerprint density at radius 2 is 1.93 bits per heavy atom. The first-order valence-corrected chi connectivity index (χ1v) is 5.73. The lowest BCUT2D eigenvalue weighted by Crippen LogP contribution is -2.12. The van der Waals surface area contributed by atoms with E-state index in [0.717, 1.165) is 0 Å². The van der Waals surface area contributed by atoms with E-state index >= 15 is 0 Å². The van der Waals surface area contributed by atoms with Crippen LogP contribution >= 0.6 is 12.2 Å². The van der Waals surface area contributed by atoms with Crippen molar-refractivity contribution in [2.24, 2.45) is 5.14 Å². The van der Waals surface area contributed by atoms with Gasteiger partial charge in [-0.3, -0.25) is 0 Å². The van der Waals surface area contributed by atoms with Gasteiger partial charge in [0.05, 0.1) is 4.90 Å². The highest BCUT2D eigenvalue weighted by Gasteiger charge is 2.06. The number of rotatable bonds is 2. The van der Waals surface area contributed by atoms with Crippen molar-refractivity contribution in [3.05, 3.63) is 24.3 Å². The number of thiocarbonyl (C=S) groups is 1. The fraction of sp³-hybridized carbons (Fsp3) is 0. The summed E-state index contributed by atoms with van der Waals surface area (Å²) in [5, 5.41) is 15.9. The second kappa shape index (κ2) is 4.35. The van der Waals surface area contributed by atoms with Crippen LogP contribution in [0.15, 0.2) is 29.2 Å². The molecule has 5 nitrogen and oxygen atoms in total. The zero-order valence-electron chi connectivity index (χ0n) is 7.47. The molecular formula is C8H7N3O2S2. The molecular weight excluding hydrogens is 234 g/mol. The zero-order chi connectivity index (χ0) is 11.5. The van der Waals surface area contributed by atoms with Crippen LogP contribution in [0.25, 0.3) is 0 Å². The molecule has 0 aliphatic rings. The number of benzene rings is 1. The molecule has 0 spiro atoms. The summed E-state index contributed by atoms with van der Waals surface area (Å²) in [7, 11) is -3.68. The summed E-state index contributed by atoms with van der Waals surface area (Å²) in [6.07, 6.45) is 0. The quantitative estimate of drug-likeness (QED) is 0.739. The zero-order valence-corrected chi connectivity index (χ0v) is 9.10. The first kappa shape index (κ1) is 11.6. The lowest BCUT2D eigenvalue weighted by Gasteiger charge is -2.02. The van der Waals surface area contributed by atoms with Gasteiger partial charge in [-0.15, -0.1) is 0 Å². The van der Waals surface area contributed by atoms with Crippen LogP contribution in [0.5, 0.6) is 0 Å². The summed E-state index contributed by atoms with van der Waals surface area (Å²) in [4.78, 5) is 0.0225. The number of hydrogen-bond acceptors (Lipinski definition) is 4. The van der Waals surface area contributed by atoms with E-state index in [0.29, 0.717) is 5.69 Å². The minimum absolute atomic E-state index is 0.0101. The predicted octanol–water partition coefficient (Wildman–Crippen LogP) is 0.597. The molecule has 0 fully saturated rings. The number of hydrogen-bond donors (Lipinski definition) is 2. The van der Waals surface area contributed by atoms with Crippen LogP contribution in [0.3, 0.4) is 0 Å². The highest BCUT2D eigenvalue weighted by Crippen LogP contribution is 2.12. The first-order valence-electron chi connectivity index (χ1n) is 3.77. The normalized spacial score (nSPS) is 10.4. The molecule has 1 aromatic carbocycles. The van der Waals surface area contributed by atoms with Crippen LogP contribution in [-0.4, -0.2) is 13.4 Å². The topological polar surface area (TPSA) is 96.0 Å². The van der Waals surface area contributed by atoms with Crippen molar-refractivity contribution in [1.82, 2.24) is 0 Å². The Morgan fingerprint density at radius 3 is 2.33 bits per heavy atom. The lowest BCUT2D eigenvalue weighted by molar-refractivity contribution is 0.598. The molecule has 0 aliphatic carbocycles. The predicted molar refractivity (Wildman–Crippen MR) is 59.6 cm³/mol. The van der Waals surface area contributed by atoms with E-state index in [1.807, 2.05) is 0 Å². The minimum Gasteiger partial charge on any atom is -0.338 e. The molecule has 0 saturated carbocycles. The van der Waals surface area contributed by atoms with Crippen molar-refractivity contribution < 1.29 is 8.42 Å². The van der Waals surface area contributed by atoms with Crippen molar-refractivity contribution >= 4 is 32.9 Å². The Bertz CT molecular complexity index is 514. The van der Waals surface area contributed by atoms with Gasteiger partial charge in [0.2, 0.25) is 10.0 Å². The first-order chi connectivity index (χ1) is 6.93. The summed E-state index contributed by atoms with van der Waals surface area (Å²) >= 11 is 4.63. The minimum atomic E-state index is -3.68. The summed E-state index contributed by atoms with van der Waals surface area (Å²) in [6.45, 7) is 0. The van der Waals surface area contributed by atoms with Crippen molar-refractivity contribution in [3.63, 3.8) is 0 Å². The van der Waals surface area contributed by atoms with Crippen LogP contribution in [0, 0.1) is 11.3 Å². The van der Waals surface area contributed by atoms with Crippen LogP contribution in [0.4, 0.5) is 5.69 Å². The third kappa shape index (κ3) is 3.28. The van der Waals surface area contributed by atoms with Gasteiger partial charge in [0.1, 0.15) is 6.07 Å². The largest absolute Gasteiger partial charge is 0.338 e. The van der Waals surface area contributed by atoms with E-state index in [4.69, 9.17) is 10.4 Å². The van der Waals surface area contributed by atoms with Gasteiger partial charge in [-0.05, 0) is 36.5 Å². The molecule has 3 N–H and O–H groups in total. The summed E-state index contributed by atoms with van der Waals surface area (Å²) < 4.78 is 21.8. The van der Waals surface area contributed by atoms with Gasteiger partial charge >= 0.3 is 0 Å². The molecule has 0 unspecified atom stereocenters. The van der Waals surface area contributed by atoms with Crippen molar-refractivity contribution in [1.29, 1.82) is 5.26 Å². The Balaban J connectivity index is 2.92. The van der Waals surface area contributed by atoms with Gasteiger partial charge in [-0.25, -0.2) is 13.6 Å². The molecule has 1 rings (SSSR count). The molecule has 0 saturated heterocycles. The second-order valence-electron chi connectivity index (χ2n) is 2.64. The number of primary sulfonamides is 1. The van der Waals surface area contributed by atoms with Gasteiger partial charge in [-0.2, -0.15) is 5.26 Å². The molecule has 7 heteroatoms. The molecule has 0 bridgehead atoms. The van der Waals surface area contributed by atoms with Gasteiger partial charge in [0.15, 0.2) is 4.99 Å². The molecule has 0 atom stereocenters. The van der Waals surface area contributed by atoms with E-state index in [2.05, 4.69) is 17.5 Å². The highest BCUT2D eigenvalue weighted by molar-refractivity contribution is 7.89. The van der Waals surface area contributed by atoms with Crippen molar-refractivity contribution in [2.75, 3.05) is 5.32 Å². The Morgan fingerprint density at radius 1 is 1.40 bits per heavy atom. The summed E-state index contributed by atoms with van der Waals surface area (Å²) in [6, 6.07) is 7.35. The van der Waals surface area contributed by atoms with Gasteiger partial charge in [0.25, 0.3) is 0 Å². The summed E-state index contributed by atoms with van der Waals surface area (Å²) in [5.74, 6) is 0. The molecule has 0 aromatic heterocycles. The van der Waals surface area contributed by atoms with E-state index in [1.54, 1.807) is 6.07 Å². The van der Waals surface area contributed by atoms with E-state index in [1.165, 1.54) is 24.3 Å². The maximum Gasteiger partial charge on any atom is 0.238 e. The van der Waals surface area contributed by atoms with Crippen LogP contribution in [-0.2, 0) is 10.0 Å². The third-order valence-electron chi connectivity index (χ3n) is 1.54. The highest BCUT2D eigenvalue weighted by atomic mass is 32.2. The fourth-order valence-electron chi connectivity index (χ4n) is 0.887. The Hall–Kier alpha value is -1.49. The Labute approximate surface area is 92.6 Å². The molecule has 0 amide bonds. The fourth-order valence-corrected chi connectivity index (χ4v) is 1.52. The smallest absolute Gasteiger partial charge is 0.238 e. The van der Waals surface area contributed by atoms with E-state index in [-0.39, 0.29) is 9.88 Å². The van der Waals surface area contributed by atoms with Crippen molar-refractivity contribution in [3.8, 4) is 6.07 Å². The summed E-state index contributed by atoms with van der Waals surface area (Å²) in [5.41, 5.74) is 0.536. The average Bonchev–Trinajstić information content (AvgIpc) is 2.17. The van der Waals surface area contributed by atoms with E-state index in [9.17, 15) is 8.42 Å². The molecule has 0 radical (unpaired) electrons. The second-order valence-corrected chi connectivity index (χ2v) is 4.60. The van der Waals surface area contributed by atoms with Crippen LogP contribution in [0.2, 0.25) is 0 Å². The van der Waals surface area contributed by atoms with Gasteiger partial charge in [0, 0.05) is 5.69 Å². The van der Waals surface area contributed by atoms with E-state index < -0.39 is 10.0 Å². The number of anilines is 1. The SMILES string of the molecule is N#CC(=S)Nc1ccc(S(N)(=O)=O)cc1. The molecule has 0 heterocycles. The Kier molecular flexibility index (Phi) is 3.36. The molecule has 1 aromatic rings. The maximum atomic E-state index is 10.9. The van der Waals surface area contributed by atoms with Gasteiger partial charge in [-0.1, -0.05) is 0 Å². The van der Waals surface area contributed by atoms with Crippen molar-refractivity contribution in [2.45, 2.75) is 4.90 Å². The van der Waals surface area contributed by atoms with Crippen LogP contribution in [0.1, 0.15) is 0 Å². The number of sulfonamides is 1. The number of nitrogens with one attached hydrogen (secondary N) is 1. The monoisotopic (exact) mass is 241 g/mol. The number of nitrogens with two attached hydrogens (primary N) is 1. The van der Waals surface area contributed by atoms with Gasteiger partial charge < -0.3 is 5.32 Å². The lowest BCUT2D eigenvalue weighted by atomic mass is 10.3. The standard InChI is InChI=1S/C8H7N3O2S2/c9-5-8(14)11-6-1-3-7(4-2-6)15(10,12)13/h1-4H,(H,11,14)(H2,10,12,13). The number of nitriles is 1. The average molecular weight is 241 g/mol. The number of nitrogens with zero attached hydrogens (tertiary/aromatic N) is 1. The molecule has 15 heavy (non-hydrogen) atoms. The third-order valence-corrected chi connectivity index (χ3v) is 2.66. The maximum absolute atomic E-state index is 10.9. The molecule has 0 aliphatic heterocycles. The molecule has 78 valence electrons.